The van der Waals surface area contributed by atoms with Crippen LogP contribution in [0.1, 0.15) is 44.4 Å². The number of ether oxygens (including phenoxy) is 1. The van der Waals surface area contributed by atoms with Crippen molar-refractivity contribution in [1.82, 2.24) is 5.32 Å². The van der Waals surface area contributed by atoms with E-state index < -0.39 is 26.9 Å². The molecule has 0 aromatic heterocycles. The maximum atomic E-state index is 13.2. The highest BCUT2D eigenvalue weighted by Gasteiger charge is 2.35. The Balaban J connectivity index is 2.44. The Morgan fingerprint density at radius 3 is 2.28 bits per heavy atom. The predicted molar refractivity (Wildman–Crippen MR) is 123 cm³/mol. The number of hydrogen-bond acceptors (Lipinski definition) is 6. The van der Waals surface area contributed by atoms with Crippen molar-refractivity contribution >= 4 is 27.3 Å². The maximum Gasteiger partial charge on any atom is 0.271 e. The molecule has 2 unspecified atom stereocenters. The van der Waals surface area contributed by atoms with E-state index in [1.54, 1.807) is 6.92 Å². The average molecular weight is 464 g/mol. The molecule has 0 aliphatic carbocycles. The molecule has 2 atom stereocenters. The van der Waals surface area contributed by atoms with Crippen LogP contribution in [0.4, 0.5) is 11.4 Å². The molecule has 1 amide bonds. The largest absolute Gasteiger partial charge is 0.495 e. The highest BCUT2D eigenvalue weighted by atomic mass is 32.2. The minimum atomic E-state index is -3.99. The Kier molecular flexibility index (Phi) is 8.20. The van der Waals surface area contributed by atoms with Crippen LogP contribution in [0.3, 0.4) is 0 Å². The van der Waals surface area contributed by atoms with Gasteiger partial charge in [0.1, 0.15) is 17.5 Å². The summed E-state index contributed by atoms with van der Waals surface area (Å²) in [6.45, 7) is 5.53. The molecule has 0 saturated carbocycles. The predicted octanol–water partition coefficient (Wildman–Crippen LogP) is 3.59. The number of sulfonamides is 1. The van der Waals surface area contributed by atoms with Gasteiger partial charge in [0.05, 0.1) is 24.3 Å². The van der Waals surface area contributed by atoms with Gasteiger partial charge in [-0.1, -0.05) is 38.1 Å². The second-order valence-corrected chi connectivity index (χ2v) is 9.28. The molecule has 0 aliphatic heterocycles. The Morgan fingerprint density at radius 2 is 1.81 bits per heavy atom. The molecular weight excluding hydrogens is 434 g/mol. The molecule has 0 bridgehead atoms. The van der Waals surface area contributed by atoms with E-state index in [0.29, 0.717) is 0 Å². The standard InChI is InChI=1S/C22H29N3O6S/c1-6-16-8-10-17(11-9-16)15(3)23-22(26)19(7-2)24(32(5,29)30)20-14-18(25(27)28)12-13-21(20)31-4/h8-15,19H,6-7H2,1-5H3,(H,23,26). The smallest absolute Gasteiger partial charge is 0.271 e. The van der Waals surface area contributed by atoms with Crippen molar-refractivity contribution in [3.05, 3.63) is 63.7 Å². The zero-order valence-electron chi connectivity index (χ0n) is 18.9. The van der Waals surface area contributed by atoms with E-state index in [2.05, 4.69) is 5.32 Å². The van der Waals surface area contributed by atoms with Crippen molar-refractivity contribution in [2.75, 3.05) is 17.7 Å². The van der Waals surface area contributed by atoms with Gasteiger partial charge in [-0.15, -0.1) is 0 Å². The Morgan fingerprint density at radius 1 is 1.19 bits per heavy atom. The van der Waals surface area contributed by atoms with Gasteiger partial charge >= 0.3 is 0 Å². The summed E-state index contributed by atoms with van der Waals surface area (Å²) in [6.07, 6.45) is 1.99. The number of nitrogens with one attached hydrogen (secondary N) is 1. The van der Waals surface area contributed by atoms with E-state index in [9.17, 15) is 23.3 Å². The van der Waals surface area contributed by atoms with Gasteiger partial charge < -0.3 is 10.1 Å². The Hall–Kier alpha value is -3.14. The van der Waals surface area contributed by atoms with Gasteiger partial charge in [0.25, 0.3) is 5.69 Å². The van der Waals surface area contributed by atoms with Crippen molar-refractivity contribution in [2.24, 2.45) is 0 Å². The topological polar surface area (TPSA) is 119 Å². The number of amides is 1. The minimum absolute atomic E-state index is 0.0637. The molecule has 0 fully saturated rings. The first kappa shape index (κ1) is 25.1. The lowest BCUT2D eigenvalue weighted by molar-refractivity contribution is -0.384. The quantitative estimate of drug-likeness (QED) is 0.425. The van der Waals surface area contributed by atoms with E-state index in [1.807, 2.05) is 38.1 Å². The minimum Gasteiger partial charge on any atom is -0.495 e. The number of nitro groups is 1. The number of nitro benzene ring substituents is 1. The number of aryl methyl sites for hydroxylation is 1. The number of methoxy groups -OCH3 is 1. The molecule has 0 saturated heterocycles. The van der Waals surface area contributed by atoms with Gasteiger partial charge in [0.15, 0.2) is 0 Å². The molecule has 0 radical (unpaired) electrons. The molecule has 1 N–H and O–H groups in total. The molecule has 9 nitrogen and oxygen atoms in total. The number of rotatable bonds is 10. The second-order valence-electron chi connectivity index (χ2n) is 7.42. The van der Waals surface area contributed by atoms with Crippen molar-refractivity contribution in [3.63, 3.8) is 0 Å². The molecular formula is C22H29N3O6S. The molecule has 2 aromatic carbocycles. The molecule has 10 heteroatoms. The normalized spacial score (nSPS) is 13.2. The van der Waals surface area contributed by atoms with Gasteiger partial charge in [-0.25, -0.2) is 8.42 Å². The Labute approximate surface area is 188 Å². The lowest BCUT2D eigenvalue weighted by Crippen LogP contribution is -2.49. The molecule has 0 spiro atoms. The summed E-state index contributed by atoms with van der Waals surface area (Å²) in [6, 6.07) is 9.93. The van der Waals surface area contributed by atoms with Crippen LogP contribution in [-0.4, -0.2) is 38.7 Å². The summed E-state index contributed by atoms with van der Waals surface area (Å²) in [5.74, 6) is -0.408. The lowest BCUT2D eigenvalue weighted by atomic mass is 10.0. The van der Waals surface area contributed by atoms with Gasteiger partial charge in [0, 0.05) is 12.1 Å². The van der Waals surface area contributed by atoms with E-state index in [1.165, 1.54) is 24.8 Å². The number of carbonyl (C=O) groups is 1. The van der Waals surface area contributed by atoms with Crippen molar-refractivity contribution in [3.8, 4) is 5.75 Å². The van der Waals surface area contributed by atoms with Crippen molar-refractivity contribution in [2.45, 2.75) is 45.7 Å². The first-order chi connectivity index (χ1) is 15.0. The fourth-order valence-corrected chi connectivity index (χ4v) is 4.64. The lowest BCUT2D eigenvalue weighted by Gasteiger charge is -2.31. The van der Waals surface area contributed by atoms with Gasteiger partial charge in [-0.3, -0.25) is 19.2 Å². The first-order valence-electron chi connectivity index (χ1n) is 10.2. The number of hydrogen-bond donors (Lipinski definition) is 1. The summed E-state index contributed by atoms with van der Waals surface area (Å²) >= 11 is 0. The zero-order valence-corrected chi connectivity index (χ0v) is 19.7. The molecule has 0 aliphatic rings. The summed E-state index contributed by atoms with van der Waals surface area (Å²) in [4.78, 5) is 23.8. The molecule has 2 aromatic rings. The van der Waals surface area contributed by atoms with Crippen LogP contribution in [0.2, 0.25) is 0 Å². The third kappa shape index (κ3) is 5.76. The highest BCUT2D eigenvalue weighted by Crippen LogP contribution is 2.35. The molecule has 0 heterocycles. The Bertz CT molecular complexity index is 1070. The maximum absolute atomic E-state index is 13.2. The zero-order chi connectivity index (χ0) is 24.1. The second kappa shape index (κ2) is 10.4. The monoisotopic (exact) mass is 463 g/mol. The van der Waals surface area contributed by atoms with Gasteiger partial charge in [0.2, 0.25) is 15.9 Å². The number of anilines is 1. The van der Waals surface area contributed by atoms with Crippen LogP contribution in [0, 0.1) is 10.1 Å². The van der Waals surface area contributed by atoms with Crippen LogP contribution in [0.5, 0.6) is 5.75 Å². The number of carbonyl (C=O) groups excluding carboxylic acids is 1. The molecule has 32 heavy (non-hydrogen) atoms. The van der Waals surface area contributed by atoms with Gasteiger partial charge in [-0.05, 0) is 37.0 Å². The van der Waals surface area contributed by atoms with E-state index >= 15 is 0 Å². The number of benzene rings is 2. The number of nitrogens with zero attached hydrogens (tertiary/aromatic N) is 2. The third-order valence-electron chi connectivity index (χ3n) is 5.19. The summed E-state index contributed by atoms with van der Waals surface area (Å²) in [5, 5.41) is 14.1. The SMILES string of the molecule is CCc1ccc(C(C)NC(=O)C(CC)N(c2cc([N+](=O)[O-])ccc2OC)S(C)(=O)=O)cc1. The van der Waals surface area contributed by atoms with Crippen LogP contribution in [-0.2, 0) is 21.2 Å². The van der Waals surface area contributed by atoms with Crippen LogP contribution < -0.4 is 14.4 Å². The summed E-state index contributed by atoms with van der Waals surface area (Å²) in [7, 11) is -2.66. The van der Waals surface area contributed by atoms with Crippen LogP contribution in [0.15, 0.2) is 42.5 Å². The summed E-state index contributed by atoms with van der Waals surface area (Å²) in [5.41, 5.74) is 1.67. The van der Waals surface area contributed by atoms with Crippen LogP contribution in [0.25, 0.3) is 0 Å². The third-order valence-corrected chi connectivity index (χ3v) is 6.35. The summed E-state index contributed by atoms with van der Waals surface area (Å²) < 4.78 is 31.6. The van der Waals surface area contributed by atoms with E-state index in [-0.39, 0.29) is 29.6 Å². The van der Waals surface area contributed by atoms with E-state index in [4.69, 9.17) is 4.74 Å². The fourth-order valence-electron chi connectivity index (χ4n) is 3.43. The van der Waals surface area contributed by atoms with Crippen molar-refractivity contribution in [1.29, 1.82) is 0 Å². The van der Waals surface area contributed by atoms with E-state index in [0.717, 1.165) is 28.6 Å². The fraction of sp³-hybridized carbons (Fsp3) is 0.409. The van der Waals surface area contributed by atoms with Gasteiger partial charge in [-0.2, -0.15) is 0 Å². The average Bonchev–Trinajstić information content (AvgIpc) is 2.75. The van der Waals surface area contributed by atoms with Crippen molar-refractivity contribution < 1.29 is 22.9 Å². The molecule has 2 rings (SSSR count). The highest BCUT2D eigenvalue weighted by molar-refractivity contribution is 7.92. The number of non-ortho nitro benzene ring substituents is 1. The van der Waals surface area contributed by atoms with Crippen LogP contribution >= 0.6 is 0 Å². The first-order valence-corrected chi connectivity index (χ1v) is 12.1. The molecule has 174 valence electrons.